The Balaban J connectivity index is 1.57. The molecule has 1 aliphatic rings. The molecule has 0 saturated heterocycles. The molecule has 0 radical (unpaired) electrons. The molecule has 102 valence electrons. The van der Waals surface area contributed by atoms with E-state index >= 15 is 0 Å². The maximum absolute atomic E-state index is 9.72. The molecule has 0 amide bonds. The summed E-state index contributed by atoms with van der Waals surface area (Å²) >= 11 is 0. The average molecular weight is 253 g/mol. The molecule has 1 saturated carbocycles. The first-order valence-corrected chi connectivity index (χ1v) is 6.67. The highest BCUT2D eigenvalue weighted by Gasteiger charge is 2.21. The van der Waals surface area contributed by atoms with Crippen LogP contribution in [0.3, 0.4) is 0 Å². The molecule has 0 spiro atoms. The Labute approximate surface area is 108 Å². The molecule has 0 aromatic carbocycles. The van der Waals surface area contributed by atoms with Gasteiger partial charge in [-0.3, -0.25) is 0 Å². The van der Waals surface area contributed by atoms with Crippen LogP contribution in [-0.2, 0) is 11.3 Å². The fraction of sp³-hybridized carbons (Fsp3) is 0.714. The van der Waals surface area contributed by atoms with Gasteiger partial charge in [0.25, 0.3) is 0 Å². The van der Waals surface area contributed by atoms with Gasteiger partial charge in [0.2, 0.25) is 0 Å². The molecule has 0 bridgehead atoms. The molecule has 4 nitrogen and oxygen atoms in total. The fourth-order valence-corrected chi connectivity index (χ4v) is 1.95. The first kappa shape index (κ1) is 13.6. The highest BCUT2D eigenvalue weighted by atomic mass is 16.5. The monoisotopic (exact) mass is 253 g/mol. The smallest absolute Gasteiger partial charge is 0.105 e. The van der Waals surface area contributed by atoms with E-state index in [1.165, 1.54) is 12.8 Å². The first-order valence-electron chi connectivity index (χ1n) is 6.67. The Kier molecular flexibility index (Phi) is 4.80. The number of aliphatic hydroxyl groups excluding tert-OH is 1. The zero-order valence-corrected chi connectivity index (χ0v) is 11.2. The van der Waals surface area contributed by atoms with Crippen LogP contribution in [0, 0.1) is 19.8 Å². The van der Waals surface area contributed by atoms with Crippen molar-refractivity contribution in [2.24, 2.45) is 5.92 Å². The molecule has 1 fully saturated rings. The highest BCUT2D eigenvalue weighted by Crippen LogP contribution is 2.28. The second-order valence-electron chi connectivity index (χ2n) is 5.20. The van der Waals surface area contributed by atoms with Crippen LogP contribution in [0.4, 0.5) is 0 Å². The summed E-state index contributed by atoms with van der Waals surface area (Å²) in [5.74, 6) is 2.62. The molecule has 1 aromatic heterocycles. The summed E-state index contributed by atoms with van der Waals surface area (Å²) in [6, 6.07) is 2.03. The van der Waals surface area contributed by atoms with Gasteiger partial charge >= 0.3 is 0 Å². The van der Waals surface area contributed by atoms with Crippen molar-refractivity contribution < 1.29 is 14.3 Å². The van der Waals surface area contributed by atoms with E-state index < -0.39 is 6.10 Å². The van der Waals surface area contributed by atoms with Gasteiger partial charge in [-0.15, -0.1) is 0 Å². The topological polar surface area (TPSA) is 54.6 Å². The Morgan fingerprint density at radius 1 is 1.50 bits per heavy atom. The summed E-state index contributed by atoms with van der Waals surface area (Å²) < 4.78 is 10.9. The third-order valence-corrected chi connectivity index (χ3v) is 3.20. The average Bonchev–Trinajstić information content (AvgIpc) is 3.06. The van der Waals surface area contributed by atoms with Crippen LogP contribution in [0.2, 0.25) is 0 Å². The van der Waals surface area contributed by atoms with E-state index in [1.54, 1.807) is 0 Å². The number of nitrogens with one attached hydrogen (secondary N) is 1. The Morgan fingerprint density at radius 3 is 2.89 bits per heavy atom. The van der Waals surface area contributed by atoms with Crippen LogP contribution in [0.5, 0.6) is 0 Å². The van der Waals surface area contributed by atoms with Gasteiger partial charge < -0.3 is 19.6 Å². The third-order valence-electron chi connectivity index (χ3n) is 3.20. The van der Waals surface area contributed by atoms with E-state index in [-0.39, 0.29) is 0 Å². The van der Waals surface area contributed by atoms with E-state index in [4.69, 9.17) is 9.15 Å². The number of aryl methyl sites for hydroxylation is 2. The lowest BCUT2D eigenvalue weighted by Crippen LogP contribution is -2.30. The predicted octanol–water partition coefficient (Wildman–Crippen LogP) is 1.77. The molecule has 2 rings (SSSR count). The van der Waals surface area contributed by atoms with Gasteiger partial charge in [0.15, 0.2) is 0 Å². The third kappa shape index (κ3) is 4.44. The summed E-state index contributed by atoms with van der Waals surface area (Å²) in [7, 11) is 0. The second kappa shape index (κ2) is 6.36. The van der Waals surface area contributed by atoms with Crippen LogP contribution >= 0.6 is 0 Å². The van der Waals surface area contributed by atoms with Crippen molar-refractivity contribution >= 4 is 0 Å². The normalized spacial score (nSPS) is 17.1. The van der Waals surface area contributed by atoms with Crippen molar-refractivity contribution in [3.63, 3.8) is 0 Å². The van der Waals surface area contributed by atoms with Crippen LogP contribution in [0.25, 0.3) is 0 Å². The molecular formula is C14H23NO3. The lowest BCUT2D eigenvalue weighted by atomic mass is 10.2. The van der Waals surface area contributed by atoms with E-state index in [2.05, 4.69) is 5.32 Å². The maximum atomic E-state index is 9.72. The Hall–Kier alpha value is -0.840. The molecule has 1 aliphatic carbocycles. The van der Waals surface area contributed by atoms with Crippen LogP contribution < -0.4 is 5.32 Å². The summed E-state index contributed by atoms with van der Waals surface area (Å²) in [6.07, 6.45) is 2.14. The van der Waals surface area contributed by atoms with Gasteiger partial charge in [0.05, 0.1) is 12.7 Å². The van der Waals surface area contributed by atoms with Crippen molar-refractivity contribution in [3.8, 4) is 0 Å². The molecule has 0 aliphatic heterocycles. The van der Waals surface area contributed by atoms with E-state index in [1.807, 2.05) is 19.9 Å². The highest BCUT2D eigenvalue weighted by molar-refractivity contribution is 5.19. The summed E-state index contributed by atoms with van der Waals surface area (Å²) in [6.45, 7) is 6.40. The maximum Gasteiger partial charge on any atom is 0.105 e. The first-order chi connectivity index (χ1) is 8.65. The predicted molar refractivity (Wildman–Crippen MR) is 69.4 cm³/mol. The molecule has 2 N–H and O–H groups in total. The largest absolute Gasteiger partial charge is 0.466 e. The van der Waals surface area contributed by atoms with Gasteiger partial charge in [-0.2, -0.15) is 0 Å². The number of rotatable bonds is 8. The lowest BCUT2D eigenvalue weighted by molar-refractivity contribution is 0.0324. The van der Waals surface area contributed by atoms with E-state index in [0.717, 1.165) is 36.2 Å². The minimum Gasteiger partial charge on any atom is -0.466 e. The standard InChI is InChI=1S/C14H23NO3/c1-10-5-13(11(2)18-10)6-15-7-14(16)9-17-8-12-3-4-12/h5,12,14-16H,3-4,6-9H2,1-2H3. The van der Waals surface area contributed by atoms with Crippen molar-refractivity contribution in [2.75, 3.05) is 19.8 Å². The quantitative estimate of drug-likeness (QED) is 0.741. The van der Waals surface area contributed by atoms with Gasteiger partial charge in [-0.1, -0.05) is 0 Å². The van der Waals surface area contributed by atoms with E-state index in [0.29, 0.717) is 13.2 Å². The Bertz CT molecular complexity index is 371. The summed E-state index contributed by atoms with van der Waals surface area (Å²) in [5.41, 5.74) is 1.15. The fourth-order valence-electron chi connectivity index (χ4n) is 1.95. The van der Waals surface area contributed by atoms with Gasteiger partial charge in [0, 0.05) is 25.3 Å². The zero-order valence-electron chi connectivity index (χ0n) is 11.2. The van der Waals surface area contributed by atoms with Crippen molar-refractivity contribution in [2.45, 2.75) is 39.3 Å². The van der Waals surface area contributed by atoms with Gasteiger partial charge in [-0.25, -0.2) is 0 Å². The lowest BCUT2D eigenvalue weighted by Gasteiger charge is -2.12. The number of ether oxygens (including phenoxy) is 1. The van der Waals surface area contributed by atoms with Crippen molar-refractivity contribution in [1.29, 1.82) is 0 Å². The van der Waals surface area contributed by atoms with Gasteiger partial charge in [-0.05, 0) is 38.7 Å². The minimum atomic E-state index is -0.433. The van der Waals surface area contributed by atoms with Crippen molar-refractivity contribution in [1.82, 2.24) is 5.32 Å². The van der Waals surface area contributed by atoms with Crippen molar-refractivity contribution in [3.05, 3.63) is 23.2 Å². The molecule has 4 heteroatoms. The SMILES string of the molecule is Cc1cc(CNCC(O)COCC2CC2)c(C)o1. The number of aliphatic hydroxyl groups is 1. The molecule has 1 heterocycles. The second-order valence-corrected chi connectivity index (χ2v) is 5.20. The number of hydrogen-bond donors (Lipinski definition) is 2. The zero-order chi connectivity index (χ0) is 13.0. The molecule has 1 unspecified atom stereocenters. The van der Waals surface area contributed by atoms with Crippen LogP contribution in [-0.4, -0.2) is 31.0 Å². The molecule has 1 aromatic rings. The van der Waals surface area contributed by atoms with Gasteiger partial charge in [0.1, 0.15) is 11.5 Å². The Morgan fingerprint density at radius 2 is 2.28 bits per heavy atom. The summed E-state index contributed by atoms with van der Waals surface area (Å²) in [4.78, 5) is 0. The van der Waals surface area contributed by atoms with Crippen LogP contribution in [0.1, 0.15) is 29.9 Å². The molecule has 1 atom stereocenters. The number of hydrogen-bond acceptors (Lipinski definition) is 4. The van der Waals surface area contributed by atoms with Crippen LogP contribution in [0.15, 0.2) is 10.5 Å². The molecular weight excluding hydrogens is 230 g/mol. The summed E-state index contributed by atoms with van der Waals surface area (Å²) in [5, 5.41) is 12.9. The number of furan rings is 1. The van der Waals surface area contributed by atoms with E-state index in [9.17, 15) is 5.11 Å². The minimum absolute atomic E-state index is 0.424. The molecule has 18 heavy (non-hydrogen) atoms.